The molecule has 2 unspecified atom stereocenters. The molecule has 1 heterocycles. The van der Waals surface area contributed by atoms with Gasteiger partial charge in [-0.15, -0.1) is 0 Å². The number of carbonyl (C=O) groups is 1. The van der Waals surface area contributed by atoms with E-state index >= 15 is 0 Å². The second-order valence-corrected chi connectivity index (χ2v) is 7.57. The summed E-state index contributed by atoms with van der Waals surface area (Å²) in [5.41, 5.74) is 14.5. The van der Waals surface area contributed by atoms with Gasteiger partial charge < -0.3 is 22.1 Å². The molecule has 0 aliphatic rings. The van der Waals surface area contributed by atoms with E-state index in [2.05, 4.69) is 20.6 Å². The Balaban J connectivity index is 2.09. The van der Waals surface area contributed by atoms with Gasteiger partial charge in [-0.05, 0) is 48.6 Å². The first-order valence-corrected chi connectivity index (χ1v) is 10.1. The predicted molar refractivity (Wildman–Crippen MR) is 117 cm³/mol. The van der Waals surface area contributed by atoms with E-state index in [1.54, 1.807) is 30.5 Å². The molecule has 0 spiro atoms. The number of benzene rings is 1. The van der Waals surface area contributed by atoms with Crippen LogP contribution in [0.4, 0.5) is 4.39 Å². The highest BCUT2D eigenvalue weighted by Crippen LogP contribution is 2.15. The fourth-order valence-corrected chi connectivity index (χ4v) is 2.75. The average molecular weight is 415 g/mol. The van der Waals surface area contributed by atoms with Crippen molar-refractivity contribution in [2.75, 3.05) is 6.54 Å². The van der Waals surface area contributed by atoms with E-state index in [0.717, 1.165) is 17.7 Å². The van der Waals surface area contributed by atoms with Gasteiger partial charge in [-0.2, -0.15) is 4.99 Å². The summed E-state index contributed by atoms with van der Waals surface area (Å²) in [4.78, 5) is 21.0. The van der Waals surface area contributed by atoms with E-state index in [-0.39, 0.29) is 17.8 Å². The van der Waals surface area contributed by atoms with Crippen LogP contribution in [-0.2, 0) is 6.42 Å². The summed E-state index contributed by atoms with van der Waals surface area (Å²) in [6.07, 6.45) is 2.15. The van der Waals surface area contributed by atoms with Crippen LogP contribution in [0.25, 0.3) is 0 Å². The second kappa shape index (κ2) is 11.4. The molecule has 1 amide bonds. The van der Waals surface area contributed by atoms with Crippen LogP contribution in [0.1, 0.15) is 54.8 Å². The summed E-state index contributed by atoms with van der Waals surface area (Å²) < 4.78 is 13.1. The first-order chi connectivity index (χ1) is 14.3. The number of halogens is 1. The molecule has 0 fully saturated rings. The smallest absolute Gasteiger partial charge is 0.280 e. The summed E-state index contributed by atoms with van der Waals surface area (Å²) in [5, 5.41) is 6.17. The zero-order valence-corrected chi connectivity index (χ0v) is 17.7. The first-order valence-electron chi connectivity index (χ1n) is 10.1. The Bertz CT molecular complexity index is 853. The highest BCUT2D eigenvalue weighted by atomic mass is 19.1. The molecule has 1 aromatic heterocycles. The summed E-state index contributed by atoms with van der Waals surface area (Å²) in [7, 11) is 0. The molecule has 0 saturated carbocycles. The molecule has 8 heteroatoms. The Labute approximate surface area is 177 Å². The summed E-state index contributed by atoms with van der Waals surface area (Å²) >= 11 is 0. The fraction of sp³-hybridized carbons (Fsp3) is 0.409. The Morgan fingerprint density at radius 2 is 1.90 bits per heavy atom. The molecule has 0 aliphatic heterocycles. The van der Waals surface area contributed by atoms with Crippen LogP contribution in [0.5, 0.6) is 0 Å². The summed E-state index contributed by atoms with van der Waals surface area (Å²) in [6.45, 7) is 6.69. The number of pyridine rings is 1. The summed E-state index contributed by atoms with van der Waals surface area (Å²) in [6, 6.07) is 8.98. The molecule has 2 atom stereocenters. The van der Waals surface area contributed by atoms with Gasteiger partial charge >= 0.3 is 0 Å². The van der Waals surface area contributed by atoms with Gasteiger partial charge in [-0.1, -0.05) is 32.9 Å². The van der Waals surface area contributed by atoms with Gasteiger partial charge in [0.1, 0.15) is 5.82 Å². The molecule has 2 rings (SSSR count). The molecule has 0 bridgehead atoms. The number of guanidine groups is 1. The highest BCUT2D eigenvalue weighted by Gasteiger charge is 2.15. The number of nitrogens with two attached hydrogens (primary N) is 2. The number of nitrogens with one attached hydrogen (secondary N) is 2. The lowest BCUT2D eigenvalue weighted by molar-refractivity contribution is 0.100. The minimum Gasteiger partial charge on any atom is -0.356 e. The maximum Gasteiger partial charge on any atom is 0.280 e. The lowest BCUT2D eigenvalue weighted by Gasteiger charge is -2.22. The lowest BCUT2D eigenvalue weighted by atomic mass is 10.0. The van der Waals surface area contributed by atoms with Crippen LogP contribution < -0.4 is 22.1 Å². The van der Waals surface area contributed by atoms with E-state index in [1.165, 1.54) is 12.1 Å². The van der Waals surface area contributed by atoms with Gasteiger partial charge in [0.05, 0.1) is 6.17 Å². The van der Waals surface area contributed by atoms with Crippen molar-refractivity contribution in [2.24, 2.45) is 22.4 Å². The third kappa shape index (κ3) is 7.53. The zero-order chi connectivity index (χ0) is 22.1. The van der Waals surface area contributed by atoms with Crippen LogP contribution in [-0.4, -0.2) is 29.6 Å². The van der Waals surface area contributed by atoms with E-state index in [1.807, 2.05) is 20.8 Å². The lowest BCUT2D eigenvalue weighted by Crippen LogP contribution is -2.49. The third-order valence-electron chi connectivity index (χ3n) is 4.44. The number of amides is 1. The van der Waals surface area contributed by atoms with Gasteiger partial charge in [0.2, 0.25) is 5.96 Å². The van der Waals surface area contributed by atoms with Crippen LogP contribution in [0.15, 0.2) is 47.6 Å². The molecular formula is C22H31FN6O. The molecule has 0 saturated heterocycles. The Morgan fingerprint density at radius 1 is 1.20 bits per heavy atom. The zero-order valence-electron chi connectivity index (χ0n) is 17.7. The molecule has 162 valence electrons. The Hall–Kier alpha value is -2.84. The van der Waals surface area contributed by atoms with Crippen LogP contribution in [0.3, 0.4) is 0 Å². The predicted octanol–water partition coefficient (Wildman–Crippen LogP) is 2.49. The van der Waals surface area contributed by atoms with E-state index < -0.39 is 6.17 Å². The molecule has 6 N–H and O–H groups in total. The standard InChI is InChI=1S/C22H31FN6O/c1-4-18-11-16(9-10-26-18)21(30)29-22(27-13-14(2)3)28-20(25)12-19(24)15-5-7-17(23)8-6-15/h5-11,14,19-20H,4,12-13,24-25H2,1-3H3,(H2,27,28,29,30). The van der Waals surface area contributed by atoms with Crippen molar-refractivity contribution in [2.45, 2.75) is 45.8 Å². The highest BCUT2D eigenvalue weighted by molar-refractivity contribution is 6.02. The quantitative estimate of drug-likeness (QED) is 0.299. The second-order valence-electron chi connectivity index (χ2n) is 7.57. The van der Waals surface area contributed by atoms with E-state index in [4.69, 9.17) is 11.5 Å². The molecule has 0 radical (unpaired) electrons. The molecule has 1 aromatic carbocycles. The SMILES string of the molecule is CCc1cc(C(=O)/N=C(/NCC(C)C)NC(N)CC(N)c2ccc(F)cc2)ccn1. The number of hydrogen-bond donors (Lipinski definition) is 4. The van der Waals surface area contributed by atoms with E-state index in [9.17, 15) is 9.18 Å². The number of aryl methyl sites for hydroxylation is 1. The van der Waals surface area contributed by atoms with Crippen LogP contribution >= 0.6 is 0 Å². The van der Waals surface area contributed by atoms with Crippen molar-refractivity contribution in [1.29, 1.82) is 0 Å². The number of aliphatic imine (C=N–C) groups is 1. The molecule has 7 nitrogen and oxygen atoms in total. The van der Waals surface area contributed by atoms with E-state index in [0.29, 0.717) is 30.4 Å². The largest absolute Gasteiger partial charge is 0.356 e. The van der Waals surface area contributed by atoms with Crippen molar-refractivity contribution < 1.29 is 9.18 Å². The maximum absolute atomic E-state index is 13.1. The maximum atomic E-state index is 13.1. The number of aromatic nitrogens is 1. The summed E-state index contributed by atoms with van der Waals surface area (Å²) in [5.74, 6) is -0.0674. The van der Waals surface area contributed by atoms with Crippen molar-refractivity contribution >= 4 is 11.9 Å². The minimum absolute atomic E-state index is 0.294. The van der Waals surface area contributed by atoms with Gasteiger partial charge in [0.25, 0.3) is 5.91 Å². The fourth-order valence-electron chi connectivity index (χ4n) is 2.75. The van der Waals surface area contributed by atoms with Gasteiger partial charge in [0, 0.05) is 30.0 Å². The Morgan fingerprint density at radius 3 is 2.53 bits per heavy atom. The van der Waals surface area contributed by atoms with Gasteiger partial charge in [0.15, 0.2) is 0 Å². The number of carbonyl (C=O) groups excluding carboxylic acids is 1. The third-order valence-corrected chi connectivity index (χ3v) is 4.44. The number of nitrogens with zero attached hydrogens (tertiary/aromatic N) is 2. The van der Waals surface area contributed by atoms with Crippen LogP contribution in [0, 0.1) is 11.7 Å². The molecule has 0 aliphatic carbocycles. The van der Waals surface area contributed by atoms with Crippen molar-refractivity contribution in [3.05, 3.63) is 65.2 Å². The monoisotopic (exact) mass is 414 g/mol. The minimum atomic E-state index is -0.556. The van der Waals surface area contributed by atoms with Crippen molar-refractivity contribution in [1.82, 2.24) is 15.6 Å². The number of rotatable bonds is 8. The van der Waals surface area contributed by atoms with Crippen molar-refractivity contribution in [3.8, 4) is 0 Å². The topological polar surface area (TPSA) is 118 Å². The van der Waals surface area contributed by atoms with Gasteiger partial charge in [-0.25, -0.2) is 4.39 Å². The molecular weight excluding hydrogens is 383 g/mol. The molecule has 2 aromatic rings. The first kappa shape index (κ1) is 23.4. The van der Waals surface area contributed by atoms with Gasteiger partial charge in [-0.3, -0.25) is 9.78 Å². The normalized spacial score (nSPS) is 13.8. The molecule has 30 heavy (non-hydrogen) atoms. The Kier molecular flexibility index (Phi) is 8.89. The number of hydrogen-bond acceptors (Lipinski definition) is 4. The van der Waals surface area contributed by atoms with Crippen LogP contribution in [0.2, 0.25) is 0 Å². The van der Waals surface area contributed by atoms with Crippen molar-refractivity contribution in [3.63, 3.8) is 0 Å². The average Bonchev–Trinajstić information content (AvgIpc) is 2.72.